The van der Waals surface area contributed by atoms with Gasteiger partial charge in [0, 0.05) is 47.7 Å². The van der Waals surface area contributed by atoms with Gasteiger partial charge in [-0.05, 0) is 42.8 Å². The Morgan fingerprint density at radius 1 is 1.11 bits per heavy atom. The second-order valence-corrected chi connectivity index (χ2v) is 8.93. The number of aromatic amines is 1. The van der Waals surface area contributed by atoms with Crippen molar-refractivity contribution in [3.8, 4) is 5.75 Å². The molecule has 1 aromatic heterocycles. The standard InChI is InChI=1S/C26H25F2N3O5/c1-5-35-24(33)17-12-31(23(32)14-6-9-18(27)19(28)10-14)13-26(2,3)21-16-8-7-15(36-25(34)29-4)11-20(16)30-22(17)21/h6-12,30H,5,13H2,1-4H3,(H,29,34). The summed E-state index contributed by atoms with van der Waals surface area (Å²) in [7, 11) is 1.45. The maximum atomic E-state index is 13.8. The molecule has 3 aromatic rings. The number of aromatic nitrogens is 1. The van der Waals surface area contributed by atoms with Crippen LogP contribution in [0.15, 0.2) is 42.6 Å². The van der Waals surface area contributed by atoms with E-state index >= 15 is 0 Å². The van der Waals surface area contributed by atoms with E-state index in [9.17, 15) is 23.2 Å². The third-order valence-corrected chi connectivity index (χ3v) is 5.90. The highest BCUT2D eigenvalue weighted by Gasteiger charge is 2.37. The van der Waals surface area contributed by atoms with Gasteiger partial charge < -0.3 is 24.7 Å². The van der Waals surface area contributed by atoms with Crippen molar-refractivity contribution in [1.29, 1.82) is 0 Å². The third kappa shape index (κ3) is 4.53. The summed E-state index contributed by atoms with van der Waals surface area (Å²) in [5.74, 6) is -3.16. The normalized spacial score (nSPS) is 14.5. The Balaban J connectivity index is 1.86. The van der Waals surface area contributed by atoms with E-state index in [4.69, 9.17) is 9.47 Å². The van der Waals surface area contributed by atoms with E-state index in [0.29, 0.717) is 17.0 Å². The minimum absolute atomic E-state index is 0.0597. The zero-order valence-corrected chi connectivity index (χ0v) is 20.2. The van der Waals surface area contributed by atoms with E-state index in [1.807, 2.05) is 13.8 Å². The van der Waals surface area contributed by atoms with Crippen molar-refractivity contribution in [2.75, 3.05) is 20.2 Å². The van der Waals surface area contributed by atoms with Crippen molar-refractivity contribution >= 4 is 34.4 Å². The minimum atomic E-state index is -1.14. The molecule has 2 heterocycles. The predicted molar refractivity (Wildman–Crippen MR) is 128 cm³/mol. The Bertz CT molecular complexity index is 1410. The maximum absolute atomic E-state index is 13.8. The minimum Gasteiger partial charge on any atom is -0.462 e. The lowest BCUT2D eigenvalue weighted by atomic mass is 9.81. The fourth-order valence-electron chi connectivity index (χ4n) is 4.36. The quantitative estimate of drug-likeness (QED) is 0.517. The highest BCUT2D eigenvalue weighted by molar-refractivity contribution is 6.18. The summed E-state index contributed by atoms with van der Waals surface area (Å²) in [6.45, 7) is 5.71. The summed E-state index contributed by atoms with van der Waals surface area (Å²) in [5, 5.41) is 3.14. The molecule has 0 spiro atoms. The topological polar surface area (TPSA) is 101 Å². The highest BCUT2D eigenvalue weighted by Crippen LogP contribution is 2.41. The number of benzene rings is 2. The molecule has 188 valence electrons. The van der Waals surface area contributed by atoms with E-state index in [0.717, 1.165) is 23.1 Å². The first-order chi connectivity index (χ1) is 17.1. The zero-order chi connectivity index (χ0) is 26.2. The molecule has 0 saturated carbocycles. The first kappa shape index (κ1) is 24.9. The molecule has 10 heteroatoms. The number of ether oxygens (including phenoxy) is 2. The van der Waals surface area contributed by atoms with E-state index in [1.54, 1.807) is 25.1 Å². The average Bonchev–Trinajstić information content (AvgIpc) is 3.17. The third-order valence-electron chi connectivity index (χ3n) is 5.90. The van der Waals surface area contributed by atoms with Crippen LogP contribution in [0.5, 0.6) is 5.75 Å². The van der Waals surface area contributed by atoms with Gasteiger partial charge in [0.2, 0.25) is 0 Å². The summed E-state index contributed by atoms with van der Waals surface area (Å²) >= 11 is 0. The Kier molecular flexibility index (Phi) is 6.53. The Labute approximate surface area is 205 Å². The Morgan fingerprint density at radius 3 is 2.53 bits per heavy atom. The Morgan fingerprint density at radius 2 is 1.86 bits per heavy atom. The Hall–Kier alpha value is -4.21. The van der Waals surface area contributed by atoms with Crippen LogP contribution in [0.1, 0.15) is 42.4 Å². The molecule has 2 amide bonds. The number of esters is 1. The number of nitrogens with zero attached hydrogens (tertiary/aromatic N) is 1. The molecule has 0 radical (unpaired) electrons. The molecule has 1 aliphatic heterocycles. The van der Waals surface area contributed by atoms with Crippen molar-refractivity contribution in [2.24, 2.45) is 0 Å². The molecule has 36 heavy (non-hydrogen) atoms. The first-order valence-electron chi connectivity index (χ1n) is 11.3. The van der Waals surface area contributed by atoms with Crippen molar-refractivity contribution in [2.45, 2.75) is 26.2 Å². The van der Waals surface area contributed by atoms with Crippen LogP contribution in [0.4, 0.5) is 13.6 Å². The van der Waals surface area contributed by atoms with Gasteiger partial charge in [-0.2, -0.15) is 0 Å². The van der Waals surface area contributed by atoms with Crippen LogP contribution in [0, 0.1) is 11.6 Å². The van der Waals surface area contributed by atoms with Crippen LogP contribution in [-0.4, -0.2) is 48.1 Å². The monoisotopic (exact) mass is 497 g/mol. The maximum Gasteiger partial charge on any atom is 0.412 e. The molecule has 2 N–H and O–H groups in total. The molecule has 4 rings (SSSR count). The average molecular weight is 497 g/mol. The molecule has 8 nitrogen and oxygen atoms in total. The number of halogens is 2. The lowest BCUT2D eigenvalue weighted by Gasteiger charge is -2.29. The smallest absolute Gasteiger partial charge is 0.412 e. The van der Waals surface area contributed by atoms with Gasteiger partial charge in [-0.15, -0.1) is 0 Å². The van der Waals surface area contributed by atoms with Crippen LogP contribution < -0.4 is 10.1 Å². The second-order valence-electron chi connectivity index (χ2n) is 8.93. The predicted octanol–water partition coefficient (Wildman–Crippen LogP) is 4.50. The number of rotatable bonds is 4. The number of nitrogens with one attached hydrogen (secondary N) is 2. The summed E-state index contributed by atoms with van der Waals surface area (Å²) in [6, 6.07) is 7.94. The molecule has 0 atom stereocenters. The number of hydrogen-bond acceptors (Lipinski definition) is 5. The highest BCUT2D eigenvalue weighted by atomic mass is 19.2. The molecule has 0 aliphatic carbocycles. The van der Waals surface area contributed by atoms with Gasteiger partial charge >= 0.3 is 12.1 Å². The lowest BCUT2D eigenvalue weighted by Crippen LogP contribution is -2.37. The molecule has 0 saturated heterocycles. The van der Waals surface area contributed by atoms with Gasteiger partial charge in [-0.3, -0.25) is 4.79 Å². The number of H-pyrrole nitrogens is 1. The molecule has 0 unspecified atom stereocenters. The summed E-state index contributed by atoms with van der Waals surface area (Å²) in [4.78, 5) is 42.5. The van der Waals surface area contributed by atoms with E-state index < -0.39 is 35.0 Å². The number of fused-ring (bicyclic) bond motifs is 3. The molecule has 1 aliphatic rings. The van der Waals surface area contributed by atoms with E-state index in [-0.39, 0.29) is 24.3 Å². The van der Waals surface area contributed by atoms with Gasteiger partial charge in [0.15, 0.2) is 11.6 Å². The van der Waals surface area contributed by atoms with Crippen molar-refractivity contribution < 1.29 is 32.6 Å². The second kappa shape index (κ2) is 9.44. The van der Waals surface area contributed by atoms with Crippen LogP contribution in [-0.2, 0) is 14.9 Å². The molecular formula is C26H25F2N3O5. The van der Waals surface area contributed by atoms with Crippen LogP contribution in [0.3, 0.4) is 0 Å². The number of hydrogen-bond donors (Lipinski definition) is 2. The van der Waals surface area contributed by atoms with E-state index in [2.05, 4.69) is 10.3 Å². The number of carbonyl (C=O) groups is 3. The number of carbonyl (C=O) groups excluding carboxylic acids is 3. The van der Waals surface area contributed by atoms with Crippen molar-refractivity contribution in [1.82, 2.24) is 15.2 Å². The van der Waals surface area contributed by atoms with Crippen molar-refractivity contribution in [3.05, 3.63) is 71.1 Å². The van der Waals surface area contributed by atoms with E-state index in [1.165, 1.54) is 24.2 Å². The molecule has 0 fully saturated rings. The largest absolute Gasteiger partial charge is 0.462 e. The summed E-state index contributed by atoms with van der Waals surface area (Å²) in [6.07, 6.45) is 0.744. The number of amides is 2. The van der Waals surface area contributed by atoms with Crippen LogP contribution >= 0.6 is 0 Å². The zero-order valence-electron chi connectivity index (χ0n) is 20.2. The molecular weight excluding hydrogens is 472 g/mol. The van der Waals surface area contributed by atoms with Crippen LogP contribution in [0.2, 0.25) is 0 Å². The molecule has 2 aromatic carbocycles. The fraction of sp³-hybridized carbons (Fsp3) is 0.269. The SMILES string of the molecule is CCOC(=O)C1=CN(C(=O)c2ccc(F)c(F)c2)CC(C)(C)c2c1[nH]c1cc(OC(=O)NC)ccc21. The lowest BCUT2D eigenvalue weighted by molar-refractivity contribution is -0.136. The molecule has 0 bridgehead atoms. The van der Waals surface area contributed by atoms with Crippen molar-refractivity contribution in [3.63, 3.8) is 0 Å². The van der Waals surface area contributed by atoms with Gasteiger partial charge in [0.25, 0.3) is 5.91 Å². The van der Waals surface area contributed by atoms with Gasteiger partial charge in [0.05, 0.1) is 17.9 Å². The first-order valence-corrected chi connectivity index (χ1v) is 11.3. The van der Waals surface area contributed by atoms with Gasteiger partial charge in [-0.25, -0.2) is 18.4 Å². The summed E-state index contributed by atoms with van der Waals surface area (Å²) in [5.41, 5.74) is 1.16. The van der Waals surface area contributed by atoms with Gasteiger partial charge in [-0.1, -0.05) is 13.8 Å². The van der Waals surface area contributed by atoms with Crippen LogP contribution in [0.25, 0.3) is 16.5 Å². The fourth-order valence-corrected chi connectivity index (χ4v) is 4.36. The van der Waals surface area contributed by atoms with Gasteiger partial charge in [0.1, 0.15) is 5.75 Å². The summed E-state index contributed by atoms with van der Waals surface area (Å²) < 4.78 is 37.8.